The Bertz CT molecular complexity index is 696. The molecule has 2 heterocycles. The number of aromatic nitrogens is 2. The fraction of sp³-hybridized carbons (Fsp3) is 0.143. The largest absolute Gasteiger partial charge is 0.460 e. The van der Waals surface area contributed by atoms with E-state index in [0.717, 1.165) is 16.7 Å². The molecule has 0 spiro atoms. The van der Waals surface area contributed by atoms with Crippen LogP contribution in [-0.2, 0) is 6.42 Å². The lowest BCUT2D eigenvalue weighted by Crippen LogP contribution is -2.03. The van der Waals surface area contributed by atoms with Crippen molar-refractivity contribution < 1.29 is 9.21 Å². The second-order valence-corrected chi connectivity index (χ2v) is 4.05. The number of H-pyrrole nitrogens is 1. The van der Waals surface area contributed by atoms with Crippen molar-refractivity contribution in [2.24, 2.45) is 0 Å². The van der Waals surface area contributed by atoms with Crippen LogP contribution in [0.25, 0.3) is 11.0 Å². The molecule has 0 aliphatic rings. The molecule has 4 nitrogen and oxygen atoms in total. The van der Waals surface area contributed by atoms with Gasteiger partial charge in [-0.1, -0.05) is 25.1 Å². The highest BCUT2D eigenvalue weighted by Crippen LogP contribution is 2.27. The van der Waals surface area contributed by atoms with Gasteiger partial charge in [0.05, 0.1) is 5.56 Å². The third kappa shape index (κ3) is 1.54. The first-order valence-electron chi connectivity index (χ1n) is 5.85. The monoisotopic (exact) mass is 240 g/mol. The van der Waals surface area contributed by atoms with E-state index in [4.69, 9.17) is 4.42 Å². The molecule has 0 atom stereocenters. The number of aryl methyl sites for hydroxylation is 1. The van der Waals surface area contributed by atoms with Crippen LogP contribution in [0.15, 0.2) is 40.9 Å². The minimum absolute atomic E-state index is 0.0747. The van der Waals surface area contributed by atoms with Gasteiger partial charge in [0.1, 0.15) is 17.0 Å². The van der Waals surface area contributed by atoms with Gasteiger partial charge in [-0.05, 0) is 12.1 Å². The molecule has 3 rings (SSSR count). The van der Waals surface area contributed by atoms with E-state index in [0.29, 0.717) is 17.7 Å². The Hall–Kier alpha value is -2.36. The minimum Gasteiger partial charge on any atom is -0.460 e. The summed E-state index contributed by atoms with van der Waals surface area (Å²) in [6.45, 7) is 1.97. The predicted molar refractivity (Wildman–Crippen MR) is 67.6 cm³/mol. The van der Waals surface area contributed by atoms with E-state index in [9.17, 15) is 4.79 Å². The lowest BCUT2D eigenvalue weighted by Gasteiger charge is -1.98. The van der Waals surface area contributed by atoms with Crippen LogP contribution in [0.4, 0.5) is 0 Å². The van der Waals surface area contributed by atoms with Gasteiger partial charge in [0.25, 0.3) is 0 Å². The number of hydrogen-bond donors (Lipinski definition) is 1. The molecule has 4 heteroatoms. The summed E-state index contributed by atoms with van der Waals surface area (Å²) in [4.78, 5) is 12.4. The molecule has 18 heavy (non-hydrogen) atoms. The number of furan rings is 1. The molecule has 2 aromatic heterocycles. The molecule has 1 N–H and O–H groups in total. The first-order chi connectivity index (χ1) is 8.81. The molecule has 0 unspecified atom stereocenters. The Morgan fingerprint density at radius 2 is 2.17 bits per heavy atom. The maximum Gasteiger partial charge on any atom is 0.214 e. The standard InChI is InChI=1S/C14H12N2O2/c1-2-11-13(14(17)10-7-8-15-16-10)9-5-3-4-6-12(9)18-11/h3-8H,2H2,1H3,(H,15,16). The minimum atomic E-state index is -0.0747. The Morgan fingerprint density at radius 3 is 2.89 bits per heavy atom. The Morgan fingerprint density at radius 1 is 1.33 bits per heavy atom. The van der Waals surface area contributed by atoms with Crippen molar-refractivity contribution in [3.63, 3.8) is 0 Å². The fourth-order valence-corrected chi connectivity index (χ4v) is 2.11. The second-order valence-electron chi connectivity index (χ2n) is 4.05. The van der Waals surface area contributed by atoms with Crippen LogP contribution >= 0.6 is 0 Å². The maximum atomic E-state index is 12.4. The zero-order chi connectivity index (χ0) is 12.5. The third-order valence-electron chi connectivity index (χ3n) is 2.96. The van der Waals surface area contributed by atoms with Crippen molar-refractivity contribution in [2.45, 2.75) is 13.3 Å². The molecule has 0 aliphatic carbocycles. The summed E-state index contributed by atoms with van der Waals surface area (Å²) < 4.78 is 5.71. The van der Waals surface area contributed by atoms with Crippen LogP contribution in [0.3, 0.4) is 0 Å². The highest BCUT2D eigenvalue weighted by molar-refractivity contribution is 6.15. The number of aromatic amines is 1. The van der Waals surface area contributed by atoms with E-state index in [2.05, 4.69) is 10.2 Å². The number of carbonyl (C=O) groups is 1. The lowest BCUT2D eigenvalue weighted by atomic mass is 10.0. The van der Waals surface area contributed by atoms with Gasteiger partial charge in [-0.3, -0.25) is 9.89 Å². The highest BCUT2D eigenvalue weighted by atomic mass is 16.3. The van der Waals surface area contributed by atoms with Gasteiger partial charge in [0.15, 0.2) is 0 Å². The Labute approximate surface area is 104 Å². The molecule has 0 saturated heterocycles. The molecule has 1 aromatic carbocycles. The molecule has 90 valence electrons. The normalized spacial score (nSPS) is 10.9. The Kier molecular flexibility index (Phi) is 2.48. The number of benzene rings is 1. The summed E-state index contributed by atoms with van der Waals surface area (Å²) in [5.74, 6) is 0.644. The zero-order valence-electron chi connectivity index (χ0n) is 9.93. The third-order valence-corrected chi connectivity index (χ3v) is 2.96. The lowest BCUT2D eigenvalue weighted by molar-refractivity contribution is 0.103. The first kappa shape index (κ1) is 10.8. The Balaban J connectivity index is 2.24. The molecular formula is C14H12N2O2. The smallest absolute Gasteiger partial charge is 0.214 e. The summed E-state index contributed by atoms with van der Waals surface area (Å²) in [6, 6.07) is 9.25. The van der Waals surface area contributed by atoms with Crippen LogP contribution < -0.4 is 0 Å². The zero-order valence-corrected chi connectivity index (χ0v) is 9.93. The van der Waals surface area contributed by atoms with Crippen LogP contribution in [0.2, 0.25) is 0 Å². The second kappa shape index (κ2) is 4.14. The van der Waals surface area contributed by atoms with Gasteiger partial charge >= 0.3 is 0 Å². The number of carbonyl (C=O) groups excluding carboxylic acids is 1. The van der Waals surface area contributed by atoms with Gasteiger partial charge in [0, 0.05) is 18.0 Å². The van der Waals surface area contributed by atoms with E-state index < -0.39 is 0 Å². The number of fused-ring (bicyclic) bond motifs is 1. The summed E-state index contributed by atoms with van der Waals surface area (Å²) in [7, 11) is 0. The fourth-order valence-electron chi connectivity index (χ4n) is 2.11. The van der Waals surface area contributed by atoms with Crippen molar-refractivity contribution >= 4 is 16.8 Å². The predicted octanol–water partition coefficient (Wildman–Crippen LogP) is 2.95. The van der Waals surface area contributed by atoms with Crippen LogP contribution in [0.1, 0.15) is 28.7 Å². The van der Waals surface area contributed by atoms with Crippen molar-refractivity contribution in [3.05, 3.63) is 53.5 Å². The van der Waals surface area contributed by atoms with E-state index in [1.54, 1.807) is 12.3 Å². The number of para-hydroxylation sites is 1. The van der Waals surface area contributed by atoms with E-state index >= 15 is 0 Å². The van der Waals surface area contributed by atoms with E-state index in [-0.39, 0.29) is 5.78 Å². The summed E-state index contributed by atoms with van der Waals surface area (Å²) in [5.41, 5.74) is 1.87. The maximum absolute atomic E-state index is 12.4. The van der Waals surface area contributed by atoms with Crippen molar-refractivity contribution in [1.82, 2.24) is 10.2 Å². The van der Waals surface area contributed by atoms with Gasteiger partial charge < -0.3 is 4.42 Å². The number of nitrogens with zero attached hydrogens (tertiary/aromatic N) is 1. The highest BCUT2D eigenvalue weighted by Gasteiger charge is 2.21. The first-order valence-corrected chi connectivity index (χ1v) is 5.85. The van der Waals surface area contributed by atoms with Crippen molar-refractivity contribution in [3.8, 4) is 0 Å². The summed E-state index contributed by atoms with van der Waals surface area (Å²) in [5, 5.41) is 7.37. The number of nitrogens with one attached hydrogen (secondary N) is 1. The van der Waals surface area contributed by atoms with Crippen molar-refractivity contribution in [2.75, 3.05) is 0 Å². The van der Waals surface area contributed by atoms with E-state index in [1.807, 2.05) is 31.2 Å². The number of hydrogen-bond acceptors (Lipinski definition) is 3. The van der Waals surface area contributed by atoms with Crippen LogP contribution in [0, 0.1) is 0 Å². The quantitative estimate of drug-likeness (QED) is 0.716. The molecule has 0 saturated carbocycles. The average Bonchev–Trinajstić information content (AvgIpc) is 3.04. The van der Waals surface area contributed by atoms with E-state index in [1.165, 1.54) is 0 Å². The molecule has 0 aliphatic heterocycles. The average molecular weight is 240 g/mol. The van der Waals surface area contributed by atoms with Crippen molar-refractivity contribution in [1.29, 1.82) is 0 Å². The van der Waals surface area contributed by atoms with Crippen LogP contribution in [0.5, 0.6) is 0 Å². The van der Waals surface area contributed by atoms with Gasteiger partial charge in [0.2, 0.25) is 5.78 Å². The van der Waals surface area contributed by atoms with Gasteiger partial charge in [-0.25, -0.2) is 0 Å². The van der Waals surface area contributed by atoms with Gasteiger partial charge in [-0.15, -0.1) is 0 Å². The molecular weight excluding hydrogens is 228 g/mol. The SMILES string of the molecule is CCc1oc2ccccc2c1C(=O)c1ccn[nH]1. The summed E-state index contributed by atoms with van der Waals surface area (Å²) in [6.07, 6.45) is 2.25. The molecule has 3 aromatic rings. The molecule has 0 amide bonds. The van der Waals surface area contributed by atoms with Gasteiger partial charge in [-0.2, -0.15) is 5.10 Å². The van der Waals surface area contributed by atoms with Crippen LogP contribution in [-0.4, -0.2) is 16.0 Å². The number of ketones is 1. The summed E-state index contributed by atoms with van der Waals surface area (Å²) >= 11 is 0. The molecule has 0 fully saturated rings. The molecule has 0 bridgehead atoms. The number of rotatable bonds is 3. The topological polar surface area (TPSA) is 58.9 Å². The molecule has 0 radical (unpaired) electrons.